The number of anilines is 1. The van der Waals surface area contributed by atoms with Crippen LogP contribution in [-0.2, 0) is 6.54 Å². The maximum Gasteiger partial charge on any atom is 0.133 e. The Labute approximate surface area is 133 Å². The molecule has 4 heteroatoms. The Morgan fingerprint density at radius 3 is 2.55 bits per heavy atom. The van der Waals surface area contributed by atoms with Gasteiger partial charge in [0.05, 0.1) is 0 Å². The first-order chi connectivity index (χ1) is 10.9. The van der Waals surface area contributed by atoms with Crippen LogP contribution in [0.3, 0.4) is 0 Å². The highest BCUT2D eigenvalue weighted by molar-refractivity contribution is 5.47. The van der Waals surface area contributed by atoms with Gasteiger partial charge in [-0.1, -0.05) is 6.07 Å². The molecule has 3 heterocycles. The van der Waals surface area contributed by atoms with E-state index in [2.05, 4.69) is 32.2 Å². The highest BCUT2D eigenvalue weighted by Gasteiger charge is 2.31. The van der Waals surface area contributed by atoms with E-state index in [1.165, 1.54) is 76.1 Å². The van der Waals surface area contributed by atoms with Crippen LogP contribution in [-0.4, -0.2) is 48.1 Å². The molecule has 2 saturated heterocycles. The number of likely N-dealkylation sites (tertiary alicyclic amines) is 1. The molecular weight excluding hydrogens is 272 g/mol. The van der Waals surface area contributed by atoms with Gasteiger partial charge < -0.3 is 15.1 Å². The standard InChI is InChI=1S/C18H28N4/c1-2-11-22(10-1)18-15(4-3-9-19-18)14-20-16-7-12-21(13-8-16)17-5-6-17/h3-4,9,16-17,20H,1-2,5-8,10-14H2. The smallest absolute Gasteiger partial charge is 0.133 e. The molecule has 1 N–H and O–H groups in total. The molecule has 22 heavy (non-hydrogen) atoms. The predicted molar refractivity (Wildman–Crippen MR) is 90.1 cm³/mol. The van der Waals surface area contributed by atoms with Gasteiger partial charge in [-0.15, -0.1) is 0 Å². The van der Waals surface area contributed by atoms with Crippen LogP contribution in [0.5, 0.6) is 0 Å². The summed E-state index contributed by atoms with van der Waals surface area (Å²) in [7, 11) is 0. The van der Waals surface area contributed by atoms with Crippen LogP contribution in [0, 0.1) is 0 Å². The second-order valence-electron chi connectivity index (χ2n) is 7.10. The van der Waals surface area contributed by atoms with Gasteiger partial charge in [0.15, 0.2) is 0 Å². The van der Waals surface area contributed by atoms with Gasteiger partial charge >= 0.3 is 0 Å². The molecule has 0 bridgehead atoms. The molecule has 1 aromatic heterocycles. The first-order valence-corrected chi connectivity index (χ1v) is 9.06. The molecule has 0 atom stereocenters. The number of rotatable bonds is 5. The number of hydrogen-bond acceptors (Lipinski definition) is 4. The highest BCUT2D eigenvalue weighted by Crippen LogP contribution is 2.29. The van der Waals surface area contributed by atoms with Crippen molar-refractivity contribution >= 4 is 5.82 Å². The molecule has 1 aromatic rings. The van der Waals surface area contributed by atoms with E-state index in [1.807, 2.05) is 6.20 Å². The predicted octanol–water partition coefficient (Wildman–Crippen LogP) is 2.40. The van der Waals surface area contributed by atoms with E-state index in [0.29, 0.717) is 6.04 Å². The average Bonchev–Trinajstić information content (AvgIpc) is 3.28. The fourth-order valence-corrected chi connectivity index (χ4v) is 3.94. The van der Waals surface area contributed by atoms with Gasteiger partial charge in [-0.2, -0.15) is 0 Å². The second-order valence-corrected chi connectivity index (χ2v) is 7.10. The zero-order valence-corrected chi connectivity index (χ0v) is 13.5. The molecule has 0 aromatic carbocycles. The van der Waals surface area contributed by atoms with Crippen molar-refractivity contribution in [2.45, 2.75) is 57.2 Å². The number of aromatic nitrogens is 1. The zero-order chi connectivity index (χ0) is 14.8. The van der Waals surface area contributed by atoms with E-state index < -0.39 is 0 Å². The van der Waals surface area contributed by atoms with Crippen molar-refractivity contribution in [3.63, 3.8) is 0 Å². The van der Waals surface area contributed by atoms with Crippen LogP contribution >= 0.6 is 0 Å². The Kier molecular flexibility index (Phi) is 4.30. The quantitative estimate of drug-likeness (QED) is 0.905. The number of nitrogens with zero attached hydrogens (tertiary/aromatic N) is 3. The fraction of sp³-hybridized carbons (Fsp3) is 0.722. The molecule has 0 radical (unpaired) electrons. The Hall–Kier alpha value is -1.13. The minimum absolute atomic E-state index is 0.682. The van der Waals surface area contributed by atoms with E-state index in [1.54, 1.807) is 0 Å². The van der Waals surface area contributed by atoms with Gasteiger partial charge in [0.25, 0.3) is 0 Å². The Bertz CT molecular complexity index is 486. The summed E-state index contributed by atoms with van der Waals surface area (Å²) in [5.41, 5.74) is 1.37. The SMILES string of the molecule is c1cnc(N2CCCC2)c(CNC2CCN(C3CC3)CC2)c1. The topological polar surface area (TPSA) is 31.4 Å². The van der Waals surface area contributed by atoms with Gasteiger partial charge in [-0.25, -0.2) is 4.98 Å². The lowest BCUT2D eigenvalue weighted by Crippen LogP contribution is -2.43. The van der Waals surface area contributed by atoms with Crippen molar-refractivity contribution in [3.05, 3.63) is 23.9 Å². The number of nitrogens with one attached hydrogen (secondary N) is 1. The lowest BCUT2D eigenvalue weighted by molar-refractivity contribution is 0.189. The van der Waals surface area contributed by atoms with Crippen molar-refractivity contribution in [2.75, 3.05) is 31.1 Å². The summed E-state index contributed by atoms with van der Waals surface area (Å²) in [4.78, 5) is 9.79. The minimum Gasteiger partial charge on any atom is -0.356 e. The largest absolute Gasteiger partial charge is 0.356 e. The zero-order valence-electron chi connectivity index (χ0n) is 13.5. The summed E-state index contributed by atoms with van der Waals surface area (Å²) >= 11 is 0. The molecule has 2 aliphatic heterocycles. The van der Waals surface area contributed by atoms with Crippen LogP contribution in [0.25, 0.3) is 0 Å². The Morgan fingerprint density at radius 1 is 1.05 bits per heavy atom. The fourth-order valence-electron chi connectivity index (χ4n) is 3.94. The number of pyridine rings is 1. The first kappa shape index (κ1) is 14.5. The van der Waals surface area contributed by atoms with Crippen molar-refractivity contribution in [1.29, 1.82) is 0 Å². The van der Waals surface area contributed by atoms with Gasteiger partial charge in [0.1, 0.15) is 5.82 Å². The molecule has 3 fully saturated rings. The molecule has 1 aliphatic carbocycles. The van der Waals surface area contributed by atoms with Crippen LogP contribution in [0.4, 0.5) is 5.82 Å². The molecule has 0 amide bonds. The normalized spacial score (nSPS) is 24.1. The van der Waals surface area contributed by atoms with Gasteiger partial charge in [-0.3, -0.25) is 0 Å². The molecule has 3 aliphatic rings. The molecule has 4 rings (SSSR count). The maximum absolute atomic E-state index is 4.65. The summed E-state index contributed by atoms with van der Waals surface area (Å²) in [5, 5.41) is 3.79. The van der Waals surface area contributed by atoms with Gasteiger partial charge in [-0.05, 0) is 57.7 Å². The molecular formula is C18H28N4. The second kappa shape index (κ2) is 6.55. The summed E-state index contributed by atoms with van der Waals surface area (Å²) in [6, 6.07) is 5.93. The van der Waals surface area contributed by atoms with Gasteiger partial charge in [0, 0.05) is 43.5 Å². The van der Waals surface area contributed by atoms with Gasteiger partial charge in [0.2, 0.25) is 0 Å². The third-order valence-electron chi connectivity index (χ3n) is 5.45. The van der Waals surface area contributed by atoms with Crippen LogP contribution in [0.1, 0.15) is 44.1 Å². The van der Waals surface area contributed by atoms with E-state index in [9.17, 15) is 0 Å². The van der Waals surface area contributed by atoms with E-state index in [4.69, 9.17) is 0 Å². The summed E-state index contributed by atoms with van der Waals surface area (Å²) in [5.74, 6) is 1.21. The lowest BCUT2D eigenvalue weighted by atomic mass is 10.0. The number of piperidine rings is 1. The molecule has 0 spiro atoms. The summed E-state index contributed by atoms with van der Waals surface area (Å²) in [6.45, 7) is 5.88. The van der Waals surface area contributed by atoms with E-state index in [-0.39, 0.29) is 0 Å². The maximum atomic E-state index is 4.65. The molecule has 4 nitrogen and oxygen atoms in total. The van der Waals surface area contributed by atoms with Crippen LogP contribution < -0.4 is 10.2 Å². The minimum atomic E-state index is 0.682. The van der Waals surface area contributed by atoms with Crippen LogP contribution in [0.15, 0.2) is 18.3 Å². The first-order valence-electron chi connectivity index (χ1n) is 9.06. The Morgan fingerprint density at radius 2 is 1.82 bits per heavy atom. The van der Waals surface area contributed by atoms with E-state index in [0.717, 1.165) is 12.6 Å². The van der Waals surface area contributed by atoms with Crippen molar-refractivity contribution in [1.82, 2.24) is 15.2 Å². The summed E-state index contributed by atoms with van der Waals surface area (Å²) in [6.07, 6.45) is 10.0. The van der Waals surface area contributed by atoms with Crippen molar-refractivity contribution in [3.8, 4) is 0 Å². The van der Waals surface area contributed by atoms with Crippen LogP contribution in [0.2, 0.25) is 0 Å². The summed E-state index contributed by atoms with van der Waals surface area (Å²) < 4.78 is 0. The third-order valence-corrected chi connectivity index (χ3v) is 5.45. The van der Waals surface area contributed by atoms with Crippen molar-refractivity contribution < 1.29 is 0 Å². The third kappa shape index (κ3) is 3.28. The highest BCUT2D eigenvalue weighted by atomic mass is 15.2. The Balaban J connectivity index is 1.32. The van der Waals surface area contributed by atoms with Crippen molar-refractivity contribution in [2.24, 2.45) is 0 Å². The monoisotopic (exact) mass is 300 g/mol. The average molecular weight is 300 g/mol. The molecule has 120 valence electrons. The van der Waals surface area contributed by atoms with E-state index >= 15 is 0 Å². The lowest BCUT2D eigenvalue weighted by Gasteiger charge is -2.32. The number of hydrogen-bond donors (Lipinski definition) is 1. The molecule has 0 unspecified atom stereocenters. The molecule has 1 saturated carbocycles.